The van der Waals surface area contributed by atoms with Gasteiger partial charge in [0.2, 0.25) is 20.7 Å². The van der Waals surface area contributed by atoms with Crippen LogP contribution in [-0.2, 0) is 27.6 Å². The van der Waals surface area contributed by atoms with E-state index in [-0.39, 0.29) is 35.0 Å². The number of halogens is 1. The number of carbonyl (C=O) groups is 1. The lowest BCUT2D eigenvalue weighted by molar-refractivity contribution is -0.116. The number of sulfone groups is 1. The molecule has 2 aromatic rings. The fourth-order valence-corrected chi connectivity index (χ4v) is 5.03. The number of benzene rings is 1. The average Bonchev–Trinajstić information content (AvgIpc) is 3.07. The van der Waals surface area contributed by atoms with Crippen LogP contribution >= 0.6 is 0 Å². The highest BCUT2D eigenvalue weighted by atomic mass is 32.2. The van der Waals surface area contributed by atoms with Crippen molar-refractivity contribution in [2.75, 3.05) is 12.4 Å². The number of Topliss-reactive ketones (excluding diaryl/α,β-unsaturated/α-hetero) is 1. The Morgan fingerprint density at radius 2 is 1.83 bits per heavy atom. The van der Waals surface area contributed by atoms with Gasteiger partial charge in [0, 0.05) is 13.0 Å². The van der Waals surface area contributed by atoms with Crippen LogP contribution in [0.5, 0.6) is 5.88 Å². The number of imidazole rings is 1. The molecular formula is C21H27FN2O4S. The highest BCUT2D eigenvalue weighted by Crippen LogP contribution is 2.31. The van der Waals surface area contributed by atoms with Crippen LogP contribution in [0.2, 0.25) is 0 Å². The Labute approximate surface area is 171 Å². The number of fused-ring (bicyclic) bond motifs is 1. The third kappa shape index (κ3) is 4.52. The smallest absolute Gasteiger partial charge is 0.233 e. The Morgan fingerprint density at radius 1 is 1.21 bits per heavy atom. The molecule has 0 bridgehead atoms. The molecule has 1 aromatic heterocycles. The molecular weight excluding hydrogens is 395 g/mol. The molecule has 1 aromatic carbocycles. The first-order chi connectivity index (χ1) is 13.6. The van der Waals surface area contributed by atoms with Crippen molar-refractivity contribution >= 4 is 15.6 Å². The first-order valence-corrected chi connectivity index (χ1v) is 11.5. The summed E-state index contributed by atoms with van der Waals surface area (Å²) in [5.41, 5.74) is 2.20. The minimum atomic E-state index is -3.93. The summed E-state index contributed by atoms with van der Waals surface area (Å²) in [6.45, 7) is 8.78. The van der Waals surface area contributed by atoms with Crippen LogP contribution in [0.3, 0.4) is 0 Å². The molecule has 0 unspecified atom stereocenters. The lowest BCUT2D eigenvalue weighted by Gasteiger charge is -2.20. The van der Waals surface area contributed by atoms with Gasteiger partial charge in [-0.05, 0) is 47.1 Å². The molecule has 1 aliphatic heterocycles. The fourth-order valence-electron chi connectivity index (χ4n) is 3.72. The van der Waals surface area contributed by atoms with Gasteiger partial charge in [0.25, 0.3) is 0 Å². The summed E-state index contributed by atoms with van der Waals surface area (Å²) in [6.07, 6.45) is 2.15. The largest absolute Gasteiger partial charge is 0.477 e. The number of ketones is 1. The van der Waals surface area contributed by atoms with E-state index in [1.807, 2.05) is 27.7 Å². The van der Waals surface area contributed by atoms with Crippen LogP contribution in [0.4, 0.5) is 4.39 Å². The Balaban J connectivity index is 1.88. The Morgan fingerprint density at radius 3 is 2.41 bits per heavy atom. The predicted octanol–water partition coefficient (Wildman–Crippen LogP) is 3.64. The summed E-state index contributed by atoms with van der Waals surface area (Å²) in [7, 11) is -3.93. The van der Waals surface area contributed by atoms with Crippen LogP contribution in [0.1, 0.15) is 62.6 Å². The van der Waals surface area contributed by atoms with Gasteiger partial charge in [-0.2, -0.15) is 0 Å². The average molecular weight is 423 g/mol. The number of hydrogen-bond acceptors (Lipinski definition) is 5. The summed E-state index contributed by atoms with van der Waals surface area (Å²) in [5, 5.41) is -0.183. The zero-order valence-corrected chi connectivity index (χ0v) is 18.1. The number of nitrogens with zero attached hydrogens (tertiary/aromatic N) is 2. The molecule has 0 aliphatic carbocycles. The van der Waals surface area contributed by atoms with E-state index in [0.29, 0.717) is 13.2 Å². The zero-order chi connectivity index (χ0) is 21.3. The fraction of sp³-hybridized carbons (Fsp3) is 0.524. The molecule has 2 heterocycles. The van der Waals surface area contributed by atoms with Crippen molar-refractivity contribution in [2.24, 2.45) is 0 Å². The topological polar surface area (TPSA) is 78.3 Å². The Bertz CT molecular complexity index is 996. The summed E-state index contributed by atoms with van der Waals surface area (Å²) in [6, 6.07) is 2.88. The van der Waals surface area contributed by atoms with Crippen molar-refractivity contribution in [3.05, 3.63) is 41.0 Å². The number of aromatic nitrogens is 2. The van der Waals surface area contributed by atoms with Gasteiger partial charge < -0.3 is 9.30 Å². The number of carbonyl (C=O) groups excluding carboxylic acids is 1. The molecule has 158 valence electrons. The summed E-state index contributed by atoms with van der Waals surface area (Å²) >= 11 is 0. The first kappa shape index (κ1) is 21.5. The van der Waals surface area contributed by atoms with Crippen molar-refractivity contribution in [1.29, 1.82) is 0 Å². The number of ether oxygens (including phenoxy) is 1. The molecule has 0 spiro atoms. The van der Waals surface area contributed by atoms with Crippen molar-refractivity contribution < 1.29 is 22.3 Å². The standard InChI is InChI=1S/C21H27FN2O4S/c1-13(2)17-8-15(22)9-18(14(3)4)19(17)10-16(25)11-29(26,27)20-21-24(12-23-20)6-5-7-28-21/h8-9,12-14H,5-7,10-11H2,1-4H3. The van der Waals surface area contributed by atoms with E-state index in [0.717, 1.165) is 23.1 Å². The monoisotopic (exact) mass is 422 g/mol. The Kier molecular flexibility index (Phi) is 6.12. The second-order valence-corrected chi connectivity index (χ2v) is 10.0. The third-order valence-corrected chi connectivity index (χ3v) is 6.66. The SMILES string of the molecule is CC(C)c1cc(F)cc(C(C)C)c1CC(=O)CS(=O)(=O)c1ncn2c1OCCC2. The first-order valence-electron chi connectivity index (χ1n) is 9.84. The number of hydrogen-bond donors (Lipinski definition) is 0. The van der Waals surface area contributed by atoms with Gasteiger partial charge >= 0.3 is 0 Å². The number of rotatable bonds is 7. The normalized spacial score (nSPS) is 14.2. The van der Waals surface area contributed by atoms with E-state index >= 15 is 0 Å². The molecule has 0 N–H and O–H groups in total. The van der Waals surface area contributed by atoms with Gasteiger partial charge in [0.15, 0.2) is 5.78 Å². The highest BCUT2D eigenvalue weighted by molar-refractivity contribution is 7.92. The highest BCUT2D eigenvalue weighted by Gasteiger charge is 2.30. The lowest BCUT2D eigenvalue weighted by atomic mass is 9.86. The molecule has 29 heavy (non-hydrogen) atoms. The van der Waals surface area contributed by atoms with E-state index in [1.54, 1.807) is 4.57 Å². The summed E-state index contributed by atoms with van der Waals surface area (Å²) < 4.78 is 46.8. The van der Waals surface area contributed by atoms with Crippen molar-refractivity contribution in [2.45, 2.75) is 63.9 Å². The van der Waals surface area contributed by atoms with Crippen LogP contribution in [-0.4, -0.2) is 36.1 Å². The van der Waals surface area contributed by atoms with Crippen LogP contribution in [0.15, 0.2) is 23.5 Å². The molecule has 0 amide bonds. The van der Waals surface area contributed by atoms with E-state index in [2.05, 4.69) is 4.98 Å². The lowest BCUT2D eigenvalue weighted by Crippen LogP contribution is -2.22. The molecule has 0 saturated carbocycles. The van der Waals surface area contributed by atoms with E-state index < -0.39 is 21.4 Å². The predicted molar refractivity (Wildman–Crippen MR) is 108 cm³/mol. The molecule has 1 aliphatic rings. The molecule has 3 rings (SSSR count). The van der Waals surface area contributed by atoms with Crippen LogP contribution in [0.25, 0.3) is 0 Å². The van der Waals surface area contributed by atoms with Crippen molar-refractivity contribution in [3.8, 4) is 5.88 Å². The van der Waals surface area contributed by atoms with Gasteiger partial charge in [-0.1, -0.05) is 27.7 Å². The van der Waals surface area contributed by atoms with Gasteiger partial charge in [0.1, 0.15) is 11.6 Å². The quantitative estimate of drug-likeness (QED) is 0.681. The minimum absolute atomic E-state index is 0.0103. The second-order valence-electron chi connectivity index (χ2n) is 8.10. The molecule has 0 atom stereocenters. The molecule has 8 heteroatoms. The second kappa shape index (κ2) is 8.26. The zero-order valence-electron chi connectivity index (χ0n) is 17.2. The summed E-state index contributed by atoms with van der Waals surface area (Å²) in [5.74, 6) is -1.22. The minimum Gasteiger partial charge on any atom is -0.477 e. The molecule has 6 nitrogen and oxygen atoms in total. The molecule has 0 saturated heterocycles. The Hall–Kier alpha value is -2.22. The van der Waals surface area contributed by atoms with Gasteiger partial charge in [-0.3, -0.25) is 4.79 Å². The maximum absolute atomic E-state index is 14.1. The van der Waals surface area contributed by atoms with E-state index in [9.17, 15) is 17.6 Å². The third-order valence-electron chi connectivity index (χ3n) is 5.09. The van der Waals surface area contributed by atoms with E-state index in [4.69, 9.17) is 4.74 Å². The van der Waals surface area contributed by atoms with Crippen LogP contribution in [0, 0.1) is 5.82 Å². The van der Waals surface area contributed by atoms with Crippen molar-refractivity contribution in [3.63, 3.8) is 0 Å². The number of aryl methyl sites for hydroxylation is 1. The maximum Gasteiger partial charge on any atom is 0.233 e. The molecule has 0 fully saturated rings. The van der Waals surface area contributed by atoms with Crippen LogP contribution < -0.4 is 4.74 Å². The van der Waals surface area contributed by atoms with Gasteiger partial charge in [-0.25, -0.2) is 17.8 Å². The van der Waals surface area contributed by atoms with Crippen molar-refractivity contribution in [1.82, 2.24) is 9.55 Å². The maximum atomic E-state index is 14.1. The van der Waals surface area contributed by atoms with Gasteiger partial charge in [-0.15, -0.1) is 0 Å². The van der Waals surface area contributed by atoms with Gasteiger partial charge in [0.05, 0.1) is 12.9 Å². The molecule has 0 radical (unpaired) electrons. The van der Waals surface area contributed by atoms with E-state index in [1.165, 1.54) is 18.5 Å². The summed E-state index contributed by atoms with van der Waals surface area (Å²) in [4.78, 5) is 16.8.